The lowest BCUT2D eigenvalue weighted by Gasteiger charge is -2.26. The molecule has 0 aromatic heterocycles. The van der Waals surface area contributed by atoms with Crippen LogP contribution in [0.15, 0.2) is 66.2 Å². The maximum Gasteiger partial charge on any atom is 0.300 e. The van der Waals surface area contributed by atoms with Crippen LogP contribution in [0.3, 0.4) is 0 Å². The Labute approximate surface area is 195 Å². The molecule has 2 heterocycles. The lowest BCUT2D eigenvalue weighted by Crippen LogP contribution is -2.30. The van der Waals surface area contributed by atoms with Crippen molar-refractivity contribution in [2.75, 3.05) is 18.1 Å². The first-order valence-electron chi connectivity index (χ1n) is 10.9. The van der Waals surface area contributed by atoms with Crippen molar-refractivity contribution >= 4 is 23.1 Å². The standard InChI is InChI=1S/C27H22FNO5/c1-15-7-9-18(13-16(15)2)29-24(19-5-3-4-6-20(19)28)23(26(31)27(29)32)25(30)17-8-10-21-22(14-17)34-12-11-33-21/h3-10,13-14,24,30H,11-12H2,1-2H3/b25-23+. The van der Waals surface area contributed by atoms with Crippen molar-refractivity contribution in [1.82, 2.24) is 0 Å². The number of ether oxygens (including phenoxy) is 2. The molecule has 172 valence electrons. The van der Waals surface area contributed by atoms with Gasteiger partial charge in [-0.1, -0.05) is 24.3 Å². The molecule has 1 N–H and O–H groups in total. The first-order chi connectivity index (χ1) is 16.4. The van der Waals surface area contributed by atoms with Gasteiger partial charge < -0.3 is 14.6 Å². The van der Waals surface area contributed by atoms with Gasteiger partial charge in [0.05, 0.1) is 11.6 Å². The molecule has 0 radical (unpaired) electrons. The highest BCUT2D eigenvalue weighted by atomic mass is 19.1. The number of amides is 1. The van der Waals surface area contributed by atoms with E-state index < -0.39 is 29.3 Å². The van der Waals surface area contributed by atoms with Gasteiger partial charge in [0.15, 0.2) is 11.5 Å². The summed E-state index contributed by atoms with van der Waals surface area (Å²) in [6.07, 6.45) is 0. The molecular formula is C27H22FNO5. The smallest absolute Gasteiger partial charge is 0.300 e. The Hall–Kier alpha value is -4.13. The van der Waals surface area contributed by atoms with E-state index >= 15 is 4.39 Å². The van der Waals surface area contributed by atoms with E-state index in [4.69, 9.17) is 9.47 Å². The predicted octanol–water partition coefficient (Wildman–Crippen LogP) is 4.84. The predicted molar refractivity (Wildman–Crippen MR) is 125 cm³/mol. The number of aryl methyl sites for hydroxylation is 2. The second-order valence-electron chi connectivity index (χ2n) is 8.32. The molecule has 1 amide bonds. The molecule has 1 saturated heterocycles. The molecule has 1 unspecified atom stereocenters. The van der Waals surface area contributed by atoms with Crippen molar-refractivity contribution in [3.63, 3.8) is 0 Å². The van der Waals surface area contributed by atoms with E-state index in [-0.39, 0.29) is 16.7 Å². The van der Waals surface area contributed by atoms with Gasteiger partial charge in [0.1, 0.15) is 24.8 Å². The number of rotatable bonds is 3. The van der Waals surface area contributed by atoms with E-state index in [1.807, 2.05) is 19.9 Å². The van der Waals surface area contributed by atoms with Crippen LogP contribution in [0.5, 0.6) is 11.5 Å². The zero-order chi connectivity index (χ0) is 24.0. The summed E-state index contributed by atoms with van der Waals surface area (Å²) in [6.45, 7) is 4.59. The second kappa shape index (κ2) is 8.33. The molecule has 5 rings (SSSR count). The van der Waals surface area contributed by atoms with E-state index in [1.165, 1.54) is 23.1 Å². The molecule has 7 heteroatoms. The monoisotopic (exact) mass is 459 g/mol. The number of aliphatic hydroxyl groups excluding tert-OH is 1. The van der Waals surface area contributed by atoms with E-state index in [2.05, 4.69) is 0 Å². The van der Waals surface area contributed by atoms with Crippen LogP contribution in [0.25, 0.3) is 5.76 Å². The second-order valence-corrected chi connectivity index (χ2v) is 8.32. The number of anilines is 1. The van der Waals surface area contributed by atoms with Gasteiger partial charge in [0, 0.05) is 16.8 Å². The van der Waals surface area contributed by atoms with Crippen molar-refractivity contribution in [1.29, 1.82) is 0 Å². The van der Waals surface area contributed by atoms with Crippen LogP contribution < -0.4 is 14.4 Å². The summed E-state index contributed by atoms with van der Waals surface area (Å²) in [5, 5.41) is 11.3. The minimum Gasteiger partial charge on any atom is -0.507 e. The molecule has 34 heavy (non-hydrogen) atoms. The highest BCUT2D eigenvalue weighted by Gasteiger charge is 2.48. The Morgan fingerprint density at radius 1 is 0.941 bits per heavy atom. The summed E-state index contributed by atoms with van der Waals surface area (Å²) in [6, 6.07) is 14.9. The molecule has 0 aliphatic carbocycles. The summed E-state index contributed by atoms with van der Waals surface area (Å²) in [7, 11) is 0. The highest BCUT2D eigenvalue weighted by Crippen LogP contribution is 2.44. The molecule has 0 bridgehead atoms. The SMILES string of the molecule is Cc1ccc(N2C(=O)C(=O)/C(=C(/O)c3ccc4c(c3)OCCO4)C2c2ccccc2F)cc1C. The Morgan fingerprint density at radius 3 is 2.41 bits per heavy atom. The summed E-state index contributed by atoms with van der Waals surface area (Å²) in [5.74, 6) is -1.79. The minimum atomic E-state index is -1.14. The normalized spacial score (nSPS) is 18.9. The van der Waals surface area contributed by atoms with Crippen molar-refractivity contribution < 1.29 is 28.6 Å². The summed E-state index contributed by atoms with van der Waals surface area (Å²) >= 11 is 0. The maximum absolute atomic E-state index is 15.0. The fraction of sp³-hybridized carbons (Fsp3) is 0.185. The number of carbonyl (C=O) groups excluding carboxylic acids is 2. The fourth-order valence-electron chi connectivity index (χ4n) is 4.31. The summed E-state index contributed by atoms with van der Waals surface area (Å²) in [5.41, 5.74) is 2.56. The Bertz CT molecular complexity index is 1360. The van der Waals surface area contributed by atoms with Gasteiger partial charge in [-0.05, 0) is 61.4 Å². The number of fused-ring (bicyclic) bond motifs is 1. The molecule has 6 nitrogen and oxygen atoms in total. The van der Waals surface area contributed by atoms with E-state index in [0.29, 0.717) is 30.4 Å². The third-order valence-corrected chi connectivity index (χ3v) is 6.23. The summed E-state index contributed by atoms with van der Waals surface area (Å²) in [4.78, 5) is 27.7. The number of carbonyl (C=O) groups is 2. The van der Waals surface area contributed by atoms with Crippen LogP contribution in [-0.4, -0.2) is 30.0 Å². The third-order valence-electron chi connectivity index (χ3n) is 6.23. The van der Waals surface area contributed by atoms with Crippen LogP contribution in [-0.2, 0) is 9.59 Å². The van der Waals surface area contributed by atoms with Gasteiger partial charge in [-0.2, -0.15) is 0 Å². The van der Waals surface area contributed by atoms with E-state index in [1.54, 1.807) is 36.4 Å². The number of benzene rings is 3. The lowest BCUT2D eigenvalue weighted by molar-refractivity contribution is -0.132. The van der Waals surface area contributed by atoms with Gasteiger partial charge >= 0.3 is 0 Å². The van der Waals surface area contributed by atoms with Crippen molar-refractivity contribution in [3.05, 3.63) is 94.3 Å². The average molecular weight is 459 g/mol. The van der Waals surface area contributed by atoms with Gasteiger partial charge in [0.2, 0.25) is 0 Å². The van der Waals surface area contributed by atoms with E-state index in [0.717, 1.165) is 11.1 Å². The largest absolute Gasteiger partial charge is 0.507 e. The van der Waals surface area contributed by atoms with Crippen LogP contribution in [0.2, 0.25) is 0 Å². The Morgan fingerprint density at radius 2 is 1.68 bits per heavy atom. The van der Waals surface area contributed by atoms with E-state index in [9.17, 15) is 14.7 Å². The molecule has 0 saturated carbocycles. The lowest BCUT2D eigenvalue weighted by atomic mass is 9.94. The van der Waals surface area contributed by atoms with Gasteiger partial charge in [-0.25, -0.2) is 4.39 Å². The molecule has 3 aromatic carbocycles. The number of nitrogens with zero attached hydrogens (tertiary/aromatic N) is 1. The zero-order valence-electron chi connectivity index (χ0n) is 18.7. The van der Waals surface area contributed by atoms with Crippen LogP contribution in [0.1, 0.15) is 28.3 Å². The van der Waals surface area contributed by atoms with Crippen LogP contribution in [0, 0.1) is 19.7 Å². The zero-order valence-corrected chi connectivity index (χ0v) is 18.7. The van der Waals surface area contributed by atoms with Gasteiger partial charge in [0.25, 0.3) is 11.7 Å². The number of hydrogen-bond acceptors (Lipinski definition) is 5. The number of ketones is 1. The average Bonchev–Trinajstić information content (AvgIpc) is 3.10. The van der Waals surface area contributed by atoms with Crippen LogP contribution in [0.4, 0.5) is 10.1 Å². The van der Waals surface area contributed by atoms with Crippen molar-refractivity contribution in [2.24, 2.45) is 0 Å². The fourth-order valence-corrected chi connectivity index (χ4v) is 4.31. The maximum atomic E-state index is 15.0. The number of Topliss-reactive ketones (excluding diaryl/α,β-unsaturated/α-hetero) is 1. The molecule has 1 atom stereocenters. The van der Waals surface area contributed by atoms with Gasteiger partial charge in [-0.3, -0.25) is 14.5 Å². The molecule has 2 aliphatic heterocycles. The Balaban J connectivity index is 1.72. The third kappa shape index (κ3) is 3.50. The van der Waals surface area contributed by atoms with Gasteiger partial charge in [-0.15, -0.1) is 0 Å². The Kier molecular flexibility index (Phi) is 5.32. The molecule has 0 spiro atoms. The highest BCUT2D eigenvalue weighted by molar-refractivity contribution is 6.51. The molecule has 2 aliphatic rings. The quantitative estimate of drug-likeness (QED) is 0.345. The topological polar surface area (TPSA) is 76.1 Å². The summed E-state index contributed by atoms with van der Waals surface area (Å²) < 4.78 is 26.1. The van der Waals surface area contributed by atoms with Crippen molar-refractivity contribution in [2.45, 2.75) is 19.9 Å². The molecule has 1 fully saturated rings. The van der Waals surface area contributed by atoms with Crippen molar-refractivity contribution in [3.8, 4) is 11.5 Å². The molecular weight excluding hydrogens is 437 g/mol. The number of aliphatic hydroxyl groups is 1. The van der Waals surface area contributed by atoms with Crippen LogP contribution >= 0.6 is 0 Å². The molecule has 3 aromatic rings. The minimum absolute atomic E-state index is 0.110. The number of halogens is 1. The first-order valence-corrected chi connectivity index (χ1v) is 10.9. The number of hydrogen-bond donors (Lipinski definition) is 1. The first kappa shape index (κ1) is 21.7.